The molecule has 0 amide bonds. The Kier molecular flexibility index (Phi) is 6.79. The van der Waals surface area contributed by atoms with Crippen LogP contribution in [0, 0.1) is 0 Å². The van der Waals surface area contributed by atoms with Gasteiger partial charge in [-0.1, -0.05) is 146 Å². The summed E-state index contributed by atoms with van der Waals surface area (Å²) in [5, 5.41) is 6.23. The van der Waals surface area contributed by atoms with E-state index in [0.717, 1.165) is 93.6 Å². The lowest BCUT2D eigenvalue weighted by molar-refractivity contribution is 0.669. The van der Waals surface area contributed by atoms with Gasteiger partial charge in [0.05, 0.1) is 5.56 Å². The van der Waals surface area contributed by atoms with E-state index in [2.05, 4.69) is 121 Å². The topological polar surface area (TPSA) is 65.0 Å². The minimum atomic E-state index is 0.532. The molecule has 5 heteroatoms. The first-order valence-corrected chi connectivity index (χ1v) is 18.0. The van der Waals surface area contributed by atoms with Crippen LogP contribution in [0.5, 0.6) is 0 Å². The molecule has 0 fully saturated rings. The molecule has 0 radical (unpaired) electrons. The molecule has 0 atom stereocenters. The van der Waals surface area contributed by atoms with Gasteiger partial charge in [-0.15, -0.1) is 0 Å². The molecule has 252 valence electrons. The van der Waals surface area contributed by atoms with Crippen LogP contribution in [0.4, 0.5) is 0 Å². The molecule has 5 nitrogen and oxygen atoms in total. The van der Waals surface area contributed by atoms with Gasteiger partial charge in [0, 0.05) is 38.1 Å². The summed E-state index contributed by atoms with van der Waals surface area (Å²) in [6.45, 7) is 0. The average molecular weight is 692 g/mol. The van der Waals surface area contributed by atoms with Crippen LogP contribution in [-0.4, -0.2) is 15.0 Å². The van der Waals surface area contributed by atoms with Crippen molar-refractivity contribution in [3.05, 3.63) is 176 Å². The lowest BCUT2D eigenvalue weighted by Gasteiger charge is -2.11. The number of aromatic nitrogens is 3. The molecule has 0 saturated carbocycles. The molecule has 54 heavy (non-hydrogen) atoms. The zero-order chi connectivity index (χ0) is 35.6. The van der Waals surface area contributed by atoms with E-state index in [1.54, 1.807) is 0 Å². The normalized spacial score (nSPS) is 11.7. The van der Waals surface area contributed by atoms with Gasteiger partial charge in [-0.25, -0.2) is 15.0 Å². The first-order valence-electron chi connectivity index (χ1n) is 18.0. The Bertz CT molecular complexity index is 3220. The summed E-state index contributed by atoms with van der Waals surface area (Å²) in [6.07, 6.45) is 0. The molecule has 3 heterocycles. The third kappa shape index (κ3) is 4.83. The largest absolute Gasteiger partial charge is 0.455 e. The van der Waals surface area contributed by atoms with Crippen molar-refractivity contribution in [1.82, 2.24) is 15.0 Å². The summed E-state index contributed by atoms with van der Waals surface area (Å²) in [5.41, 5.74) is 10.2. The van der Waals surface area contributed by atoms with Crippen molar-refractivity contribution >= 4 is 54.6 Å². The molecule has 0 aliphatic rings. The molecular weight excluding hydrogens is 663 g/mol. The predicted molar refractivity (Wildman–Crippen MR) is 219 cm³/mol. The fourth-order valence-electron chi connectivity index (χ4n) is 7.83. The van der Waals surface area contributed by atoms with Gasteiger partial charge in [0.1, 0.15) is 22.3 Å². The van der Waals surface area contributed by atoms with E-state index in [0.29, 0.717) is 17.5 Å². The Morgan fingerprint density at radius 2 is 0.833 bits per heavy atom. The summed E-state index contributed by atoms with van der Waals surface area (Å²) in [5.74, 6) is 1.65. The van der Waals surface area contributed by atoms with Gasteiger partial charge in [0.2, 0.25) is 0 Å². The van der Waals surface area contributed by atoms with Crippen molar-refractivity contribution in [2.24, 2.45) is 0 Å². The highest BCUT2D eigenvalue weighted by molar-refractivity contribution is 6.22. The van der Waals surface area contributed by atoms with Crippen LogP contribution in [0.25, 0.3) is 111 Å². The maximum absolute atomic E-state index is 6.72. The number of nitrogens with zero attached hydrogens (tertiary/aromatic N) is 3. The minimum Gasteiger partial charge on any atom is -0.455 e. The molecule has 11 aromatic rings. The van der Waals surface area contributed by atoms with Gasteiger partial charge in [-0.3, -0.25) is 0 Å². The van der Waals surface area contributed by atoms with Crippen LogP contribution >= 0.6 is 0 Å². The minimum absolute atomic E-state index is 0.532. The van der Waals surface area contributed by atoms with E-state index in [1.165, 1.54) is 0 Å². The fraction of sp³-hybridized carbons (Fsp3) is 0. The SMILES string of the molecule is c1ccc(-c2cccc(-c3nc(-c4cccc5c4oc4ccccc45)nc(-c4cccc5oc6c7ccccc7c(-c7ccccc7)cc6c45)n3)c2)cc1. The summed E-state index contributed by atoms with van der Waals surface area (Å²) >= 11 is 0. The number of rotatable bonds is 5. The zero-order valence-electron chi connectivity index (χ0n) is 28.9. The van der Waals surface area contributed by atoms with Crippen LogP contribution in [0.1, 0.15) is 0 Å². The number of hydrogen-bond donors (Lipinski definition) is 0. The van der Waals surface area contributed by atoms with Gasteiger partial charge in [-0.2, -0.15) is 0 Å². The van der Waals surface area contributed by atoms with Gasteiger partial charge < -0.3 is 8.83 Å². The maximum Gasteiger partial charge on any atom is 0.167 e. The van der Waals surface area contributed by atoms with E-state index in [4.69, 9.17) is 23.8 Å². The van der Waals surface area contributed by atoms with Crippen LogP contribution in [0.15, 0.2) is 185 Å². The monoisotopic (exact) mass is 691 g/mol. The highest BCUT2D eigenvalue weighted by atomic mass is 16.3. The van der Waals surface area contributed by atoms with Gasteiger partial charge in [0.15, 0.2) is 17.5 Å². The van der Waals surface area contributed by atoms with E-state index in [9.17, 15) is 0 Å². The number of hydrogen-bond acceptors (Lipinski definition) is 5. The van der Waals surface area contributed by atoms with E-state index < -0.39 is 0 Å². The molecule has 0 bridgehead atoms. The van der Waals surface area contributed by atoms with Crippen LogP contribution in [0.3, 0.4) is 0 Å². The fourth-order valence-corrected chi connectivity index (χ4v) is 7.83. The Morgan fingerprint density at radius 3 is 1.67 bits per heavy atom. The third-order valence-corrected chi connectivity index (χ3v) is 10.3. The molecule has 0 N–H and O–H groups in total. The summed E-state index contributed by atoms with van der Waals surface area (Å²) < 4.78 is 13.2. The van der Waals surface area contributed by atoms with Gasteiger partial charge >= 0.3 is 0 Å². The number of furan rings is 2. The van der Waals surface area contributed by atoms with Crippen LogP contribution in [0.2, 0.25) is 0 Å². The molecule has 8 aromatic carbocycles. The van der Waals surface area contributed by atoms with Crippen molar-refractivity contribution < 1.29 is 8.83 Å². The first-order chi connectivity index (χ1) is 26.8. The Morgan fingerprint density at radius 1 is 0.296 bits per heavy atom. The van der Waals surface area contributed by atoms with Crippen molar-refractivity contribution in [3.63, 3.8) is 0 Å². The van der Waals surface area contributed by atoms with E-state index in [-0.39, 0.29) is 0 Å². The predicted octanol–water partition coefficient (Wildman–Crippen LogP) is 13.2. The lowest BCUT2D eigenvalue weighted by atomic mass is 9.94. The molecule has 11 rings (SSSR count). The maximum atomic E-state index is 6.72. The molecule has 0 aliphatic heterocycles. The number of fused-ring (bicyclic) bond motifs is 8. The van der Waals surface area contributed by atoms with Crippen molar-refractivity contribution in [2.45, 2.75) is 0 Å². The number of para-hydroxylation sites is 2. The lowest BCUT2D eigenvalue weighted by Crippen LogP contribution is -2.01. The second-order valence-corrected chi connectivity index (χ2v) is 13.5. The highest BCUT2D eigenvalue weighted by Gasteiger charge is 2.22. The molecule has 0 aliphatic carbocycles. The van der Waals surface area contributed by atoms with E-state index in [1.807, 2.05) is 54.6 Å². The Balaban J connectivity index is 1.20. The zero-order valence-corrected chi connectivity index (χ0v) is 28.9. The first kappa shape index (κ1) is 30.3. The number of benzene rings is 8. The van der Waals surface area contributed by atoms with Gasteiger partial charge in [-0.05, 0) is 58.0 Å². The highest BCUT2D eigenvalue weighted by Crippen LogP contribution is 2.43. The van der Waals surface area contributed by atoms with Crippen molar-refractivity contribution in [1.29, 1.82) is 0 Å². The Labute approximate surface area is 309 Å². The van der Waals surface area contributed by atoms with Crippen LogP contribution in [-0.2, 0) is 0 Å². The standard InChI is InChI=1S/C49H29N3O2/c1-3-14-30(15-4-1)32-18-11-19-33(28-32)47-50-48(52-49(51-47)39-25-12-23-37-35-21-9-10-26-42(35)53-45(37)39)38-24-13-27-43-44(38)41-29-40(31-16-5-2-6-17-31)34-20-7-8-22-36(34)46(41)54-43/h1-29H. The van der Waals surface area contributed by atoms with E-state index >= 15 is 0 Å². The Hall–Kier alpha value is -7.37. The third-order valence-electron chi connectivity index (χ3n) is 10.3. The second kappa shape index (κ2) is 12.1. The second-order valence-electron chi connectivity index (χ2n) is 13.5. The van der Waals surface area contributed by atoms with Gasteiger partial charge in [0.25, 0.3) is 0 Å². The van der Waals surface area contributed by atoms with Crippen molar-refractivity contribution in [2.75, 3.05) is 0 Å². The molecule has 3 aromatic heterocycles. The molecular formula is C49H29N3O2. The quantitative estimate of drug-likeness (QED) is 0.180. The smallest absolute Gasteiger partial charge is 0.167 e. The molecule has 0 saturated heterocycles. The van der Waals surface area contributed by atoms with Crippen LogP contribution < -0.4 is 0 Å². The molecule has 0 unspecified atom stereocenters. The summed E-state index contributed by atoms with van der Waals surface area (Å²) in [4.78, 5) is 15.7. The average Bonchev–Trinajstić information content (AvgIpc) is 3.83. The van der Waals surface area contributed by atoms with Crippen molar-refractivity contribution in [3.8, 4) is 56.4 Å². The molecule has 0 spiro atoms. The summed E-state index contributed by atoms with van der Waals surface area (Å²) in [6, 6.07) is 60.4. The summed E-state index contributed by atoms with van der Waals surface area (Å²) in [7, 11) is 0.